The number of likely N-dealkylation sites (N-methyl/N-ethyl adjacent to an activating group) is 1. The highest BCUT2D eigenvalue weighted by Crippen LogP contribution is 2.28. The van der Waals surface area contributed by atoms with Gasteiger partial charge in [-0.3, -0.25) is 9.89 Å². The Labute approximate surface area is 132 Å². The highest BCUT2D eigenvalue weighted by atomic mass is 16.5. The molecule has 0 unspecified atom stereocenters. The van der Waals surface area contributed by atoms with Crippen LogP contribution in [0.25, 0.3) is 0 Å². The van der Waals surface area contributed by atoms with Gasteiger partial charge >= 0.3 is 0 Å². The van der Waals surface area contributed by atoms with Crippen molar-refractivity contribution in [1.29, 1.82) is 0 Å². The summed E-state index contributed by atoms with van der Waals surface area (Å²) in [7, 11) is 0. The number of nitrogens with one attached hydrogen (secondary N) is 2. The third kappa shape index (κ3) is 3.59. The summed E-state index contributed by atoms with van der Waals surface area (Å²) >= 11 is 0. The van der Waals surface area contributed by atoms with Crippen LogP contribution in [-0.4, -0.2) is 56.3 Å². The molecule has 0 aromatic heterocycles. The van der Waals surface area contributed by atoms with E-state index in [9.17, 15) is 0 Å². The van der Waals surface area contributed by atoms with Gasteiger partial charge in [0.15, 0.2) is 5.96 Å². The van der Waals surface area contributed by atoms with Crippen molar-refractivity contribution in [1.82, 2.24) is 15.5 Å². The zero-order valence-corrected chi connectivity index (χ0v) is 13.3. The van der Waals surface area contributed by atoms with Gasteiger partial charge in [-0.15, -0.1) is 0 Å². The summed E-state index contributed by atoms with van der Waals surface area (Å²) in [6.45, 7) is 7.73. The van der Waals surface area contributed by atoms with Crippen LogP contribution in [0.5, 0.6) is 0 Å². The molecular formula is C17H26N4O. The highest BCUT2D eigenvalue weighted by molar-refractivity contribution is 5.80. The van der Waals surface area contributed by atoms with Crippen LogP contribution in [0.15, 0.2) is 35.3 Å². The monoisotopic (exact) mass is 302 g/mol. The van der Waals surface area contributed by atoms with Crippen LogP contribution >= 0.6 is 0 Å². The van der Waals surface area contributed by atoms with E-state index in [1.54, 1.807) is 0 Å². The minimum absolute atomic E-state index is 0.141. The molecule has 2 atom stereocenters. The van der Waals surface area contributed by atoms with Gasteiger partial charge in [0.25, 0.3) is 0 Å². The first-order valence-corrected chi connectivity index (χ1v) is 8.31. The maximum absolute atomic E-state index is 6.08. The molecule has 0 amide bonds. The number of rotatable bonds is 4. The fraction of sp³-hybridized carbons (Fsp3) is 0.588. The molecule has 2 heterocycles. The lowest BCUT2D eigenvalue weighted by atomic mass is 9.98. The second kappa shape index (κ2) is 7.61. The van der Waals surface area contributed by atoms with Gasteiger partial charge < -0.3 is 15.4 Å². The molecule has 1 saturated heterocycles. The Morgan fingerprint density at radius 2 is 2.23 bits per heavy atom. The van der Waals surface area contributed by atoms with Gasteiger partial charge in [0, 0.05) is 26.2 Å². The van der Waals surface area contributed by atoms with Crippen molar-refractivity contribution in [3.63, 3.8) is 0 Å². The second-order valence-electron chi connectivity index (χ2n) is 5.78. The zero-order valence-electron chi connectivity index (χ0n) is 13.3. The quantitative estimate of drug-likeness (QED) is 0.882. The zero-order chi connectivity index (χ0) is 15.2. The maximum atomic E-state index is 6.08. The van der Waals surface area contributed by atoms with Gasteiger partial charge in [-0.05, 0) is 18.5 Å². The molecule has 0 spiro atoms. The SMILES string of the molecule is CCN1CCO[C@@H](CNC2=NCCCN2)[C@@H]1c1ccccc1. The summed E-state index contributed by atoms with van der Waals surface area (Å²) in [6, 6.07) is 11.0. The Morgan fingerprint density at radius 3 is 2.95 bits per heavy atom. The van der Waals surface area contributed by atoms with Gasteiger partial charge in [0.1, 0.15) is 0 Å². The van der Waals surface area contributed by atoms with E-state index in [1.165, 1.54) is 5.56 Å². The molecule has 0 radical (unpaired) electrons. The van der Waals surface area contributed by atoms with E-state index in [-0.39, 0.29) is 6.10 Å². The van der Waals surface area contributed by atoms with Crippen LogP contribution < -0.4 is 10.6 Å². The number of morpholine rings is 1. The molecule has 2 aliphatic heterocycles. The summed E-state index contributed by atoms with van der Waals surface area (Å²) in [5.41, 5.74) is 1.33. The molecule has 3 rings (SSSR count). The van der Waals surface area contributed by atoms with Gasteiger partial charge in [-0.2, -0.15) is 0 Å². The van der Waals surface area contributed by atoms with Crippen LogP contribution in [0.4, 0.5) is 0 Å². The summed E-state index contributed by atoms with van der Waals surface area (Å²) in [4.78, 5) is 6.98. The topological polar surface area (TPSA) is 48.9 Å². The van der Waals surface area contributed by atoms with Crippen molar-refractivity contribution in [2.75, 3.05) is 39.3 Å². The van der Waals surface area contributed by atoms with Gasteiger partial charge in [-0.1, -0.05) is 37.3 Å². The van der Waals surface area contributed by atoms with E-state index in [1.807, 2.05) is 0 Å². The molecule has 0 bridgehead atoms. The summed E-state index contributed by atoms with van der Waals surface area (Å²) in [6.07, 6.45) is 1.25. The lowest BCUT2D eigenvalue weighted by Crippen LogP contribution is -2.51. The third-order valence-corrected chi connectivity index (χ3v) is 4.37. The molecule has 0 aliphatic carbocycles. The molecule has 1 fully saturated rings. The van der Waals surface area contributed by atoms with Crippen molar-refractivity contribution >= 4 is 5.96 Å². The number of ether oxygens (including phenoxy) is 1. The minimum atomic E-state index is 0.141. The van der Waals surface area contributed by atoms with E-state index in [2.05, 4.69) is 57.8 Å². The normalized spacial score (nSPS) is 26.1. The minimum Gasteiger partial charge on any atom is -0.373 e. The van der Waals surface area contributed by atoms with Crippen LogP contribution in [0.2, 0.25) is 0 Å². The van der Waals surface area contributed by atoms with Crippen LogP contribution in [0.3, 0.4) is 0 Å². The van der Waals surface area contributed by atoms with Crippen molar-refractivity contribution in [2.24, 2.45) is 4.99 Å². The van der Waals surface area contributed by atoms with Crippen molar-refractivity contribution < 1.29 is 4.74 Å². The Bertz CT molecular complexity index is 491. The van der Waals surface area contributed by atoms with Crippen molar-refractivity contribution in [3.8, 4) is 0 Å². The largest absolute Gasteiger partial charge is 0.373 e. The highest BCUT2D eigenvalue weighted by Gasteiger charge is 2.32. The van der Waals surface area contributed by atoms with Gasteiger partial charge in [-0.25, -0.2) is 0 Å². The van der Waals surface area contributed by atoms with E-state index in [0.717, 1.165) is 51.7 Å². The number of hydrogen-bond acceptors (Lipinski definition) is 5. The fourth-order valence-electron chi connectivity index (χ4n) is 3.24. The molecule has 2 N–H and O–H groups in total. The summed E-state index contributed by atoms with van der Waals surface area (Å²) < 4.78 is 6.08. The molecule has 22 heavy (non-hydrogen) atoms. The number of benzene rings is 1. The third-order valence-electron chi connectivity index (χ3n) is 4.37. The average Bonchev–Trinajstić information content (AvgIpc) is 2.61. The Kier molecular flexibility index (Phi) is 5.29. The summed E-state index contributed by atoms with van der Waals surface area (Å²) in [5, 5.41) is 6.73. The molecule has 1 aromatic rings. The van der Waals surface area contributed by atoms with E-state index in [4.69, 9.17) is 4.74 Å². The number of aliphatic imine (C=N–C) groups is 1. The Hall–Kier alpha value is -1.59. The smallest absolute Gasteiger partial charge is 0.191 e. The van der Waals surface area contributed by atoms with E-state index < -0.39 is 0 Å². The molecule has 5 nitrogen and oxygen atoms in total. The average molecular weight is 302 g/mol. The van der Waals surface area contributed by atoms with Crippen molar-refractivity contribution in [3.05, 3.63) is 35.9 Å². The predicted molar refractivity (Wildman–Crippen MR) is 89.1 cm³/mol. The maximum Gasteiger partial charge on any atom is 0.191 e. The predicted octanol–water partition coefficient (Wildman–Crippen LogP) is 1.39. The first-order valence-electron chi connectivity index (χ1n) is 8.31. The van der Waals surface area contributed by atoms with Crippen molar-refractivity contribution in [2.45, 2.75) is 25.5 Å². The molecule has 120 valence electrons. The van der Waals surface area contributed by atoms with Gasteiger partial charge in [0.05, 0.1) is 18.8 Å². The molecule has 2 aliphatic rings. The molecule has 5 heteroatoms. The van der Waals surface area contributed by atoms with Crippen LogP contribution in [-0.2, 0) is 4.74 Å². The Balaban J connectivity index is 1.70. The van der Waals surface area contributed by atoms with E-state index in [0.29, 0.717) is 6.04 Å². The molecule has 1 aromatic carbocycles. The lowest BCUT2D eigenvalue weighted by molar-refractivity contribution is -0.0677. The fourth-order valence-corrected chi connectivity index (χ4v) is 3.24. The number of guanidine groups is 1. The first kappa shape index (κ1) is 15.3. The number of nitrogens with zero attached hydrogens (tertiary/aromatic N) is 2. The van der Waals surface area contributed by atoms with Crippen LogP contribution in [0.1, 0.15) is 24.9 Å². The van der Waals surface area contributed by atoms with Gasteiger partial charge in [0.2, 0.25) is 0 Å². The standard InChI is InChI=1S/C17H26N4O/c1-2-21-11-12-22-15(13-20-17-18-9-6-10-19-17)16(21)14-7-4-3-5-8-14/h3-5,7-8,15-16H,2,6,9-13H2,1H3,(H2,18,19,20)/t15-,16-/m0/s1. The molecule has 0 saturated carbocycles. The summed E-state index contributed by atoms with van der Waals surface area (Å²) in [5.74, 6) is 0.912. The second-order valence-corrected chi connectivity index (χ2v) is 5.78. The number of hydrogen-bond donors (Lipinski definition) is 2. The van der Waals surface area contributed by atoms with E-state index >= 15 is 0 Å². The lowest BCUT2D eigenvalue weighted by Gasteiger charge is -2.41. The van der Waals surface area contributed by atoms with Crippen LogP contribution in [0, 0.1) is 0 Å². The first-order chi connectivity index (χ1) is 10.9. The molecular weight excluding hydrogens is 276 g/mol. The Morgan fingerprint density at radius 1 is 1.36 bits per heavy atom.